The molecule has 0 unspecified atom stereocenters. The Hall–Kier alpha value is -4.18. The number of likely N-dealkylation sites (N-methyl/N-ethyl adjacent to an activating group) is 1. The van der Waals surface area contributed by atoms with Crippen molar-refractivity contribution in [2.75, 3.05) is 78.0 Å². The fraction of sp³-hybridized carbons (Fsp3) is 0.438. The second kappa shape index (κ2) is 14.6. The zero-order chi connectivity index (χ0) is 30.1. The van der Waals surface area contributed by atoms with E-state index in [4.69, 9.17) is 9.47 Å². The zero-order valence-corrected chi connectivity index (χ0v) is 25.4. The fourth-order valence-electron chi connectivity index (χ4n) is 5.13. The molecule has 0 atom stereocenters. The molecule has 2 amide bonds. The van der Waals surface area contributed by atoms with Crippen LogP contribution >= 0.6 is 0 Å². The van der Waals surface area contributed by atoms with Crippen molar-refractivity contribution < 1.29 is 19.1 Å². The van der Waals surface area contributed by atoms with E-state index in [0.717, 1.165) is 42.3 Å². The summed E-state index contributed by atoms with van der Waals surface area (Å²) in [6.45, 7) is 11.6. The van der Waals surface area contributed by atoms with Crippen LogP contribution in [0.25, 0.3) is 11.3 Å². The molecular weight excluding hydrogens is 532 g/mol. The Balaban J connectivity index is 1.37. The van der Waals surface area contributed by atoms with Gasteiger partial charge in [-0.25, -0.2) is 0 Å². The second-order valence-electron chi connectivity index (χ2n) is 10.3. The number of carbonyl (C=O) groups excluding carboxylic acids is 2. The molecule has 0 saturated carbocycles. The van der Waals surface area contributed by atoms with Gasteiger partial charge in [-0.05, 0) is 62.0 Å². The standard InChI is InChI=1S/C32H42N6O4/c1-6-35(7-2)16-17-38(32(40)26-11-9-8-10-24(26)3)23-31(39)37-20-18-36(19-21-37)30-15-13-27(33-34-30)25-12-14-28(41-4)29(22-25)42-5/h8-15,22H,6-7,16-21,23H2,1-5H3. The third kappa shape index (κ3) is 7.36. The highest BCUT2D eigenvalue weighted by Gasteiger charge is 2.26. The van der Waals surface area contributed by atoms with Crippen molar-refractivity contribution >= 4 is 17.6 Å². The number of hydrogen-bond acceptors (Lipinski definition) is 8. The first-order valence-electron chi connectivity index (χ1n) is 14.5. The predicted octanol–water partition coefficient (Wildman–Crippen LogP) is 3.60. The van der Waals surface area contributed by atoms with Crippen molar-refractivity contribution in [1.82, 2.24) is 24.9 Å². The van der Waals surface area contributed by atoms with Crippen molar-refractivity contribution in [1.29, 1.82) is 0 Å². The summed E-state index contributed by atoms with van der Waals surface area (Å²) in [5.41, 5.74) is 3.17. The molecule has 3 aromatic rings. The molecule has 1 saturated heterocycles. The molecule has 4 rings (SSSR count). The van der Waals surface area contributed by atoms with E-state index < -0.39 is 0 Å². The zero-order valence-electron chi connectivity index (χ0n) is 25.4. The second-order valence-corrected chi connectivity index (χ2v) is 10.3. The maximum absolute atomic E-state index is 13.5. The van der Waals surface area contributed by atoms with E-state index in [1.165, 1.54) is 0 Å². The molecule has 42 heavy (non-hydrogen) atoms. The van der Waals surface area contributed by atoms with Crippen molar-refractivity contribution in [2.24, 2.45) is 0 Å². The van der Waals surface area contributed by atoms with Crippen LogP contribution < -0.4 is 14.4 Å². The van der Waals surface area contributed by atoms with Crippen LogP contribution in [0.5, 0.6) is 11.5 Å². The third-order valence-corrected chi connectivity index (χ3v) is 7.86. The lowest BCUT2D eigenvalue weighted by Gasteiger charge is -2.36. The largest absolute Gasteiger partial charge is 0.493 e. The summed E-state index contributed by atoms with van der Waals surface area (Å²) in [6.07, 6.45) is 0. The van der Waals surface area contributed by atoms with Gasteiger partial charge in [0, 0.05) is 50.4 Å². The number of piperazine rings is 1. The molecule has 224 valence electrons. The Morgan fingerprint density at radius 2 is 1.57 bits per heavy atom. The number of anilines is 1. The van der Waals surface area contributed by atoms with Gasteiger partial charge >= 0.3 is 0 Å². The van der Waals surface area contributed by atoms with Crippen LogP contribution in [0.15, 0.2) is 54.6 Å². The van der Waals surface area contributed by atoms with E-state index in [-0.39, 0.29) is 18.4 Å². The lowest BCUT2D eigenvalue weighted by Crippen LogP contribution is -2.52. The molecule has 1 fully saturated rings. The molecule has 0 spiro atoms. The first kappa shape index (κ1) is 30.8. The Labute approximate surface area is 248 Å². The molecule has 10 nitrogen and oxygen atoms in total. The lowest BCUT2D eigenvalue weighted by atomic mass is 10.1. The van der Waals surface area contributed by atoms with Gasteiger partial charge in [0.05, 0.1) is 19.9 Å². The SMILES string of the molecule is CCN(CC)CCN(CC(=O)N1CCN(c2ccc(-c3ccc(OC)c(OC)c3)nn2)CC1)C(=O)c1ccccc1C. The molecule has 0 aliphatic carbocycles. The summed E-state index contributed by atoms with van der Waals surface area (Å²) in [7, 11) is 3.21. The predicted molar refractivity (Wildman–Crippen MR) is 164 cm³/mol. The van der Waals surface area contributed by atoms with Gasteiger partial charge < -0.3 is 29.1 Å². The molecule has 2 aromatic carbocycles. The smallest absolute Gasteiger partial charge is 0.254 e. The number of methoxy groups -OCH3 is 2. The number of aryl methyl sites for hydroxylation is 1. The number of aromatic nitrogens is 2. The number of hydrogen-bond donors (Lipinski definition) is 0. The highest BCUT2D eigenvalue weighted by Crippen LogP contribution is 2.31. The summed E-state index contributed by atoms with van der Waals surface area (Å²) < 4.78 is 10.7. The topological polar surface area (TPSA) is 91.3 Å². The minimum absolute atomic E-state index is 0.0361. The van der Waals surface area contributed by atoms with E-state index in [0.29, 0.717) is 49.8 Å². The summed E-state index contributed by atoms with van der Waals surface area (Å²) in [6, 6.07) is 17.1. The van der Waals surface area contributed by atoms with Crippen LogP contribution in [-0.2, 0) is 4.79 Å². The Bertz CT molecular complexity index is 1340. The van der Waals surface area contributed by atoms with E-state index in [9.17, 15) is 9.59 Å². The van der Waals surface area contributed by atoms with Crippen LogP contribution in [0, 0.1) is 6.92 Å². The number of ether oxygens (including phenoxy) is 2. The Morgan fingerprint density at radius 1 is 0.857 bits per heavy atom. The van der Waals surface area contributed by atoms with Gasteiger partial charge in [-0.1, -0.05) is 32.0 Å². The van der Waals surface area contributed by atoms with Crippen LogP contribution in [0.4, 0.5) is 5.82 Å². The molecule has 1 aliphatic heterocycles. The summed E-state index contributed by atoms with van der Waals surface area (Å²) in [5, 5.41) is 8.90. The van der Waals surface area contributed by atoms with Gasteiger partial charge in [0.1, 0.15) is 6.54 Å². The van der Waals surface area contributed by atoms with E-state index in [2.05, 4.69) is 33.8 Å². The number of nitrogens with zero attached hydrogens (tertiary/aromatic N) is 6. The minimum atomic E-state index is -0.0999. The van der Waals surface area contributed by atoms with Crippen LogP contribution in [0.3, 0.4) is 0 Å². The Morgan fingerprint density at radius 3 is 2.19 bits per heavy atom. The number of carbonyl (C=O) groups is 2. The highest BCUT2D eigenvalue weighted by atomic mass is 16.5. The normalized spacial score (nSPS) is 13.3. The lowest BCUT2D eigenvalue weighted by molar-refractivity contribution is -0.132. The average molecular weight is 575 g/mol. The molecule has 10 heteroatoms. The maximum Gasteiger partial charge on any atom is 0.254 e. The fourth-order valence-corrected chi connectivity index (χ4v) is 5.13. The van der Waals surface area contributed by atoms with E-state index in [1.807, 2.05) is 66.4 Å². The van der Waals surface area contributed by atoms with Crippen molar-refractivity contribution in [3.63, 3.8) is 0 Å². The summed E-state index contributed by atoms with van der Waals surface area (Å²) in [5.74, 6) is 1.92. The first-order chi connectivity index (χ1) is 20.4. The third-order valence-electron chi connectivity index (χ3n) is 7.86. The van der Waals surface area contributed by atoms with Gasteiger partial charge in [-0.2, -0.15) is 0 Å². The first-order valence-corrected chi connectivity index (χ1v) is 14.5. The van der Waals surface area contributed by atoms with Crippen LogP contribution in [0.1, 0.15) is 29.8 Å². The van der Waals surface area contributed by atoms with Gasteiger partial charge in [0.25, 0.3) is 5.91 Å². The quantitative estimate of drug-likeness (QED) is 0.324. The maximum atomic E-state index is 13.5. The average Bonchev–Trinajstić information content (AvgIpc) is 3.04. The molecule has 0 bridgehead atoms. The van der Waals surface area contributed by atoms with E-state index in [1.54, 1.807) is 19.1 Å². The number of amides is 2. The monoisotopic (exact) mass is 574 g/mol. The molecular formula is C32H42N6O4. The molecule has 0 N–H and O–H groups in total. The summed E-state index contributed by atoms with van der Waals surface area (Å²) >= 11 is 0. The van der Waals surface area contributed by atoms with Gasteiger partial charge in [-0.3, -0.25) is 9.59 Å². The molecule has 1 aliphatic rings. The molecule has 1 aromatic heterocycles. The van der Waals surface area contributed by atoms with E-state index >= 15 is 0 Å². The van der Waals surface area contributed by atoms with Gasteiger partial charge in [0.15, 0.2) is 17.3 Å². The van der Waals surface area contributed by atoms with Crippen LogP contribution in [0.2, 0.25) is 0 Å². The molecule has 0 radical (unpaired) electrons. The van der Waals surface area contributed by atoms with Gasteiger partial charge in [-0.15, -0.1) is 10.2 Å². The highest BCUT2D eigenvalue weighted by molar-refractivity contribution is 5.97. The van der Waals surface area contributed by atoms with Crippen molar-refractivity contribution in [2.45, 2.75) is 20.8 Å². The minimum Gasteiger partial charge on any atom is -0.493 e. The summed E-state index contributed by atoms with van der Waals surface area (Å²) in [4.78, 5) is 34.9. The van der Waals surface area contributed by atoms with Crippen molar-refractivity contribution in [3.05, 3.63) is 65.7 Å². The van der Waals surface area contributed by atoms with Gasteiger partial charge in [0.2, 0.25) is 5.91 Å². The number of benzene rings is 2. The molecule has 2 heterocycles. The number of rotatable bonds is 12. The van der Waals surface area contributed by atoms with Crippen molar-refractivity contribution in [3.8, 4) is 22.8 Å². The van der Waals surface area contributed by atoms with Crippen LogP contribution in [-0.4, -0.2) is 110 Å². The Kier molecular flexibility index (Phi) is 10.7.